The Balaban J connectivity index is 1.47. The number of anilines is 1. The largest absolute Gasteiger partial charge is 0.444 e. The third-order valence-corrected chi connectivity index (χ3v) is 4.44. The van der Waals surface area contributed by atoms with Crippen LogP contribution >= 0.6 is 11.6 Å². The predicted molar refractivity (Wildman–Crippen MR) is 112 cm³/mol. The number of ether oxygens (including phenoxy) is 1. The number of pyridine rings is 1. The van der Waals surface area contributed by atoms with Crippen LogP contribution < -0.4 is 10.6 Å². The highest BCUT2D eigenvalue weighted by molar-refractivity contribution is 6.30. The van der Waals surface area contributed by atoms with Crippen molar-refractivity contribution in [3.8, 4) is 0 Å². The molecule has 0 atom stereocenters. The first-order chi connectivity index (χ1) is 14.0. The number of hydrogen-bond donors (Lipinski definition) is 2. The van der Waals surface area contributed by atoms with E-state index in [1.807, 2.05) is 12.1 Å². The molecule has 6 nitrogen and oxygen atoms in total. The molecule has 2 N–H and O–H groups in total. The van der Waals surface area contributed by atoms with Crippen molar-refractivity contribution in [2.75, 3.05) is 5.32 Å². The van der Waals surface area contributed by atoms with E-state index in [9.17, 15) is 9.59 Å². The van der Waals surface area contributed by atoms with Crippen LogP contribution in [0.5, 0.6) is 0 Å². The maximum atomic E-state index is 12.2. The van der Waals surface area contributed by atoms with E-state index >= 15 is 0 Å². The summed E-state index contributed by atoms with van der Waals surface area (Å²) < 4.78 is 5.19. The zero-order valence-electron chi connectivity index (χ0n) is 15.8. The van der Waals surface area contributed by atoms with E-state index < -0.39 is 6.09 Å². The van der Waals surface area contributed by atoms with Gasteiger partial charge in [-0.3, -0.25) is 15.1 Å². The number of aromatic nitrogens is 1. The molecule has 0 unspecified atom stereocenters. The average molecular weight is 410 g/mol. The number of hydrogen-bond acceptors (Lipinski definition) is 4. The maximum Gasteiger partial charge on any atom is 0.411 e. The molecule has 2 aromatic carbocycles. The van der Waals surface area contributed by atoms with E-state index in [4.69, 9.17) is 16.3 Å². The van der Waals surface area contributed by atoms with Crippen LogP contribution in [0, 0.1) is 6.92 Å². The summed E-state index contributed by atoms with van der Waals surface area (Å²) in [5, 5.41) is 6.15. The topological polar surface area (TPSA) is 80.3 Å². The number of aryl methyl sites for hydroxylation is 1. The van der Waals surface area contributed by atoms with Crippen molar-refractivity contribution in [2.45, 2.75) is 20.1 Å². The van der Waals surface area contributed by atoms with E-state index in [-0.39, 0.29) is 12.5 Å². The first kappa shape index (κ1) is 20.4. The molecular weight excluding hydrogens is 390 g/mol. The molecule has 1 heterocycles. The van der Waals surface area contributed by atoms with Crippen LogP contribution in [0.1, 0.15) is 27.2 Å². The summed E-state index contributed by atoms with van der Waals surface area (Å²) in [6.07, 6.45) is 1.10. The number of amides is 2. The van der Waals surface area contributed by atoms with Gasteiger partial charge < -0.3 is 10.1 Å². The lowest BCUT2D eigenvalue weighted by Crippen LogP contribution is -2.23. The molecule has 29 heavy (non-hydrogen) atoms. The van der Waals surface area contributed by atoms with Gasteiger partial charge in [0.15, 0.2) is 0 Å². The van der Waals surface area contributed by atoms with Crippen molar-refractivity contribution in [2.24, 2.45) is 0 Å². The Bertz CT molecular complexity index is 989. The number of nitrogens with one attached hydrogen (secondary N) is 2. The molecule has 0 aliphatic carbocycles. The fourth-order valence-electron chi connectivity index (χ4n) is 2.59. The second-order valence-corrected chi connectivity index (χ2v) is 6.78. The van der Waals surface area contributed by atoms with Gasteiger partial charge in [-0.1, -0.05) is 35.9 Å². The summed E-state index contributed by atoms with van der Waals surface area (Å²) in [6, 6.07) is 17.7. The van der Waals surface area contributed by atoms with E-state index in [0.717, 1.165) is 11.1 Å². The summed E-state index contributed by atoms with van der Waals surface area (Å²) in [7, 11) is 0. The first-order valence-electron chi connectivity index (χ1n) is 8.98. The summed E-state index contributed by atoms with van der Waals surface area (Å²) in [6.45, 7) is 2.32. The van der Waals surface area contributed by atoms with Gasteiger partial charge in [-0.25, -0.2) is 4.79 Å². The maximum absolute atomic E-state index is 12.2. The van der Waals surface area contributed by atoms with Gasteiger partial charge in [-0.2, -0.15) is 0 Å². The van der Waals surface area contributed by atoms with E-state index in [1.165, 1.54) is 0 Å². The van der Waals surface area contributed by atoms with E-state index in [2.05, 4.69) is 15.6 Å². The Labute approximate surface area is 173 Å². The Kier molecular flexibility index (Phi) is 6.81. The van der Waals surface area contributed by atoms with Crippen LogP contribution in [0.4, 0.5) is 10.5 Å². The molecule has 0 fully saturated rings. The van der Waals surface area contributed by atoms with E-state index in [1.54, 1.807) is 61.7 Å². The Morgan fingerprint density at radius 3 is 2.38 bits per heavy atom. The summed E-state index contributed by atoms with van der Waals surface area (Å²) >= 11 is 5.83. The van der Waals surface area contributed by atoms with Crippen LogP contribution in [0.25, 0.3) is 0 Å². The van der Waals surface area contributed by atoms with Gasteiger partial charge in [-0.05, 0) is 54.4 Å². The number of benzene rings is 2. The first-order valence-corrected chi connectivity index (χ1v) is 9.36. The van der Waals surface area contributed by atoms with Crippen molar-refractivity contribution in [1.82, 2.24) is 10.3 Å². The molecule has 0 radical (unpaired) electrons. The van der Waals surface area contributed by atoms with Crippen LogP contribution in [0.3, 0.4) is 0 Å². The van der Waals surface area contributed by atoms with Crippen LogP contribution in [0.15, 0.2) is 66.9 Å². The minimum atomic E-state index is -0.548. The minimum absolute atomic E-state index is 0.154. The fraction of sp³-hybridized carbons (Fsp3) is 0.136. The molecule has 1 aromatic heterocycles. The highest BCUT2D eigenvalue weighted by Crippen LogP contribution is 2.13. The number of halogens is 1. The third kappa shape index (κ3) is 6.05. The molecule has 0 aliphatic rings. The average Bonchev–Trinajstić information content (AvgIpc) is 2.73. The third-order valence-electron chi connectivity index (χ3n) is 4.19. The van der Waals surface area contributed by atoms with Crippen LogP contribution in [-0.2, 0) is 17.9 Å². The normalized spacial score (nSPS) is 10.3. The zero-order chi connectivity index (χ0) is 20.6. The summed E-state index contributed by atoms with van der Waals surface area (Å²) in [5.41, 5.74) is 3.58. The Morgan fingerprint density at radius 1 is 1.00 bits per heavy atom. The summed E-state index contributed by atoms with van der Waals surface area (Å²) in [5.74, 6) is -0.177. The molecule has 0 bridgehead atoms. The number of carbonyl (C=O) groups excluding carboxylic acids is 2. The molecule has 148 valence electrons. The lowest BCUT2D eigenvalue weighted by Gasteiger charge is -2.09. The smallest absolute Gasteiger partial charge is 0.411 e. The molecule has 0 spiro atoms. The highest BCUT2D eigenvalue weighted by atomic mass is 35.5. The number of nitrogens with zero attached hydrogens (tertiary/aromatic N) is 1. The van der Waals surface area contributed by atoms with Gasteiger partial charge in [0, 0.05) is 29.1 Å². The zero-order valence-corrected chi connectivity index (χ0v) is 16.6. The standard InChI is InChI=1S/C22H20ClN3O3/c1-15-20(3-2-12-24-15)21(27)25-13-16-6-10-19(11-7-16)26-22(28)29-14-17-4-8-18(23)9-5-17/h2-12H,13-14H2,1H3,(H,25,27)(H,26,28). The van der Waals surface area contributed by atoms with Gasteiger partial charge in [0.1, 0.15) is 6.61 Å². The van der Waals surface area contributed by atoms with Gasteiger partial charge in [0.05, 0.1) is 5.56 Å². The SMILES string of the molecule is Cc1ncccc1C(=O)NCc1ccc(NC(=O)OCc2ccc(Cl)cc2)cc1. The Morgan fingerprint density at radius 2 is 1.69 bits per heavy atom. The molecule has 2 amide bonds. The van der Waals surface area contributed by atoms with Crippen molar-refractivity contribution in [3.63, 3.8) is 0 Å². The molecule has 7 heteroatoms. The van der Waals surface area contributed by atoms with E-state index in [0.29, 0.717) is 28.5 Å². The minimum Gasteiger partial charge on any atom is -0.444 e. The van der Waals surface area contributed by atoms with Gasteiger partial charge in [0.2, 0.25) is 0 Å². The van der Waals surface area contributed by atoms with Gasteiger partial charge in [0.25, 0.3) is 5.91 Å². The lowest BCUT2D eigenvalue weighted by atomic mass is 10.1. The number of carbonyl (C=O) groups is 2. The monoisotopic (exact) mass is 409 g/mol. The van der Waals surface area contributed by atoms with Crippen molar-refractivity contribution >= 4 is 29.3 Å². The molecule has 0 saturated heterocycles. The van der Waals surface area contributed by atoms with Crippen LogP contribution in [0.2, 0.25) is 5.02 Å². The summed E-state index contributed by atoms with van der Waals surface area (Å²) in [4.78, 5) is 28.3. The second-order valence-electron chi connectivity index (χ2n) is 6.34. The molecule has 3 aromatic rings. The fourth-order valence-corrected chi connectivity index (χ4v) is 2.72. The van der Waals surface area contributed by atoms with Crippen LogP contribution in [-0.4, -0.2) is 17.0 Å². The number of rotatable bonds is 6. The van der Waals surface area contributed by atoms with Crippen molar-refractivity contribution < 1.29 is 14.3 Å². The quantitative estimate of drug-likeness (QED) is 0.617. The lowest BCUT2D eigenvalue weighted by molar-refractivity contribution is 0.0950. The molecule has 3 rings (SSSR count). The second kappa shape index (κ2) is 9.71. The Hall–Kier alpha value is -3.38. The van der Waals surface area contributed by atoms with Crippen molar-refractivity contribution in [1.29, 1.82) is 0 Å². The van der Waals surface area contributed by atoms with Gasteiger partial charge in [-0.15, -0.1) is 0 Å². The van der Waals surface area contributed by atoms with Crippen molar-refractivity contribution in [3.05, 3.63) is 94.3 Å². The highest BCUT2D eigenvalue weighted by Gasteiger charge is 2.09. The predicted octanol–water partition coefficient (Wildman–Crippen LogP) is 4.72. The molecule has 0 saturated carbocycles. The molecule has 0 aliphatic heterocycles. The van der Waals surface area contributed by atoms with Gasteiger partial charge >= 0.3 is 6.09 Å². The molecular formula is C22H20ClN3O3.